The number of amides is 1. The molecule has 0 aromatic heterocycles. The molecule has 114 valence electrons. The van der Waals surface area contributed by atoms with Gasteiger partial charge in [-0.3, -0.25) is 4.79 Å². The molecule has 0 spiro atoms. The Morgan fingerprint density at radius 2 is 1.86 bits per heavy atom. The number of hydrogen-bond acceptors (Lipinski definition) is 4. The van der Waals surface area contributed by atoms with Crippen LogP contribution in [0.1, 0.15) is 28.4 Å². The number of rotatable bonds is 5. The van der Waals surface area contributed by atoms with E-state index in [2.05, 4.69) is 0 Å². The van der Waals surface area contributed by atoms with E-state index in [9.17, 15) is 9.59 Å². The van der Waals surface area contributed by atoms with Crippen molar-refractivity contribution in [1.29, 1.82) is 0 Å². The minimum absolute atomic E-state index is 0.0632. The number of esters is 1. The zero-order chi connectivity index (χ0) is 16.1. The van der Waals surface area contributed by atoms with Crippen molar-refractivity contribution in [2.24, 2.45) is 11.5 Å². The maximum absolute atomic E-state index is 11.7. The molecule has 0 heterocycles. The fraction of sp³-hybridized carbons (Fsp3) is 0.176. The number of ether oxygens (including phenoxy) is 1. The van der Waals surface area contributed by atoms with Crippen LogP contribution >= 0.6 is 0 Å². The summed E-state index contributed by atoms with van der Waals surface area (Å²) in [5.41, 5.74) is 14.2. The molecule has 0 aliphatic rings. The molecule has 1 atom stereocenters. The lowest BCUT2D eigenvalue weighted by Gasteiger charge is -2.16. The maximum atomic E-state index is 11.7. The van der Waals surface area contributed by atoms with Crippen LogP contribution in [0.5, 0.6) is 0 Å². The molecule has 2 rings (SSSR count). The molecular weight excluding hydrogens is 280 g/mol. The zero-order valence-corrected chi connectivity index (χ0v) is 12.3. The first-order chi connectivity index (χ1) is 10.5. The van der Waals surface area contributed by atoms with Crippen LogP contribution in [0.3, 0.4) is 0 Å². The van der Waals surface area contributed by atoms with E-state index in [0.29, 0.717) is 5.56 Å². The minimum Gasteiger partial charge on any atom is -0.465 e. The molecule has 0 saturated carbocycles. The van der Waals surface area contributed by atoms with Gasteiger partial charge in [-0.25, -0.2) is 4.79 Å². The molecular formula is C17H18N2O3. The van der Waals surface area contributed by atoms with Crippen LogP contribution in [0.4, 0.5) is 0 Å². The largest absolute Gasteiger partial charge is 0.465 e. The van der Waals surface area contributed by atoms with Gasteiger partial charge in [0.25, 0.3) is 0 Å². The van der Waals surface area contributed by atoms with Gasteiger partial charge in [0.05, 0.1) is 12.7 Å². The molecule has 5 nitrogen and oxygen atoms in total. The number of methoxy groups -OCH3 is 1. The monoisotopic (exact) mass is 298 g/mol. The second kappa shape index (κ2) is 6.87. The van der Waals surface area contributed by atoms with Crippen LogP contribution in [-0.4, -0.2) is 19.0 Å². The standard InChI is InChI=1S/C17H18N2O3/c1-22-17(21)12-6-4-5-11(9-12)13-7-2-3-8-14(13)15(18)10-16(19)20/h2-9,15H,10,18H2,1H3,(H2,19,20). The van der Waals surface area contributed by atoms with E-state index < -0.39 is 17.9 Å². The SMILES string of the molecule is COC(=O)c1cccc(-c2ccccc2C(N)CC(N)=O)c1. The second-order valence-electron chi connectivity index (χ2n) is 4.94. The van der Waals surface area contributed by atoms with Gasteiger partial charge >= 0.3 is 5.97 Å². The molecule has 2 aromatic carbocycles. The molecule has 2 aromatic rings. The van der Waals surface area contributed by atoms with Crippen molar-refractivity contribution in [1.82, 2.24) is 0 Å². The number of carbonyl (C=O) groups excluding carboxylic acids is 2. The van der Waals surface area contributed by atoms with Gasteiger partial charge in [0, 0.05) is 12.5 Å². The topological polar surface area (TPSA) is 95.4 Å². The first-order valence-electron chi connectivity index (χ1n) is 6.84. The zero-order valence-electron chi connectivity index (χ0n) is 12.3. The van der Waals surface area contributed by atoms with E-state index in [-0.39, 0.29) is 6.42 Å². The molecule has 4 N–H and O–H groups in total. The van der Waals surface area contributed by atoms with Crippen LogP contribution in [-0.2, 0) is 9.53 Å². The molecule has 0 radical (unpaired) electrons. The van der Waals surface area contributed by atoms with Gasteiger partial charge in [-0.2, -0.15) is 0 Å². The average Bonchev–Trinajstić information content (AvgIpc) is 2.53. The average molecular weight is 298 g/mol. The molecule has 0 aliphatic carbocycles. The summed E-state index contributed by atoms with van der Waals surface area (Å²) in [6.07, 6.45) is 0.0632. The quantitative estimate of drug-likeness (QED) is 0.825. The lowest BCUT2D eigenvalue weighted by atomic mass is 9.93. The Balaban J connectivity index is 2.45. The summed E-state index contributed by atoms with van der Waals surface area (Å²) in [5.74, 6) is -0.855. The molecule has 1 amide bonds. The first-order valence-corrected chi connectivity index (χ1v) is 6.84. The second-order valence-corrected chi connectivity index (χ2v) is 4.94. The van der Waals surface area contributed by atoms with E-state index in [4.69, 9.17) is 16.2 Å². The van der Waals surface area contributed by atoms with Crippen LogP contribution in [0, 0.1) is 0 Å². The Morgan fingerprint density at radius 1 is 1.14 bits per heavy atom. The summed E-state index contributed by atoms with van der Waals surface area (Å²) in [6.45, 7) is 0. The summed E-state index contributed by atoms with van der Waals surface area (Å²) in [4.78, 5) is 22.7. The summed E-state index contributed by atoms with van der Waals surface area (Å²) >= 11 is 0. The third-order valence-electron chi connectivity index (χ3n) is 3.38. The van der Waals surface area contributed by atoms with Gasteiger partial charge in [0.1, 0.15) is 0 Å². The molecule has 22 heavy (non-hydrogen) atoms. The maximum Gasteiger partial charge on any atom is 0.337 e. The van der Waals surface area contributed by atoms with Gasteiger partial charge in [-0.15, -0.1) is 0 Å². The summed E-state index contributed by atoms with van der Waals surface area (Å²) < 4.78 is 4.73. The fourth-order valence-corrected chi connectivity index (χ4v) is 2.34. The Labute approximate surface area is 128 Å². The lowest BCUT2D eigenvalue weighted by molar-refractivity contribution is -0.118. The normalized spacial score (nSPS) is 11.7. The predicted octanol–water partition coefficient (Wildman–Crippen LogP) is 2.02. The Morgan fingerprint density at radius 3 is 2.55 bits per heavy atom. The number of benzene rings is 2. The van der Waals surface area contributed by atoms with Gasteiger partial charge in [0.15, 0.2) is 0 Å². The van der Waals surface area contributed by atoms with Crippen molar-refractivity contribution >= 4 is 11.9 Å². The highest BCUT2D eigenvalue weighted by Crippen LogP contribution is 2.29. The summed E-state index contributed by atoms with van der Waals surface area (Å²) in [5, 5.41) is 0. The Kier molecular flexibility index (Phi) is 4.91. The van der Waals surface area contributed by atoms with Crippen molar-refractivity contribution in [3.05, 3.63) is 59.7 Å². The predicted molar refractivity (Wildman–Crippen MR) is 84.0 cm³/mol. The third kappa shape index (κ3) is 3.51. The highest BCUT2D eigenvalue weighted by molar-refractivity contribution is 5.91. The summed E-state index contributed by atoms with van der Waals surface area (Å²) in [7, 11) is 1.34. The highest BCUT2D eigenvalue weighted by atomic mass is 16.5. The molecule has 0 fully saturated rings. The van der Waals surface area contributed by atoms with E-state index in [1.54, 1.807) is 18.2 Å². The van der Waals surface area contributed by atoms with Crippen LogP contribution < -0.4 is 11.5 Å². The molecule has 0 aliphatic heterocycles. The van der Waals surface area contributed by atoms with Gasteiger partial charge in [-0.1, -0.05) is 36.4 Å². The van der Waals surface area contributed by atoms with E-state index in [1.165, 1.54) is 7.11 Å². The van der Waals surface area contributed by atoms with Gasteiger partial charge in [-0.05, 0) is 28.8 Å². The van der Waals surface area contributed by atoms with Crippen molar-refractivity contribution < 1.29 is 14.3 Å². The van der Waals surface area contributed by atoms with E-state index in [0.717, 1.165) is 16.7 Å². The summed E-state index contributed by atoms with van der Waals surface area (Å²) in [6, 6.07) is 14.1. The Hall–Kier alpha value is -2.66. The number of carbonyl (C=O) groups is 2. The number of primary amides is 1. The van der Waals surface area contributed by atoms with Crippen molar-refractivity contribution in [2.45, 2.75) is 12.5 Å². The van der Waals surface area contributed by atoms with Crippen LogP contribution in [0.15, 0.2) is 48.5 Å². The molecule has 5 heteroatoms. The molecule has 0 bridgehead atoms. The van der Waals surface area contributed by atoms with Crippen molar-refractivity contribution in [2.75, 3.05) is 7.11 Å². The van der Waals surface area contributed by atoms with Gasteiger partial charge in [0.2, 0.25) is 5.91 Å². The number of hydrogen-bond donors (Lipinski definition) is 2. The molecule has 1 unspecified atom stereocenters. The first kappa shape index (κ1) is 15.7. The van der Waals surface area contributed by atoms with E-state index in [1.807, 2.05) is 30.3 Å². The highest BCUT2D eigenvalue weighted by Gasteiger charge is 2.15. The van der Waals surface area contributed by atoms with Crippen LogP contribution in [0.25, 0.3) is 11.1 Å². The van der Waals surface area contributed by atoms with Crippen LogP contribution in [0.2, 0.25) is 0 Å². The van der Waals surface area contributed by atoms with E-state index >= 15 is 0 Å². The molecule has 0 saturated heterocycles. The fourth-order valence-electron chi connectivity index (χ4n) is 2.34. The minimum atomic E-state index is -0.490. The number of nitrogens with two attached hydrogens (primary N) is 2. The Bertz CT molecular complexity index is 698. The third-order valence-corrected chi connectivity index (χ3v) is 3.38. The van der Waals surface area contributed by atoms with Crippen molar-refractivity contribution in [3.8, 4) is 11.1 Å². The smallest absolute Gasteiger partial charge is 0.337 e. The lowest BCUT2D eigenvalue weighted by Crippen LogP contribution is -2.21. The van der Waals surface area contributed by atoms with Gasteiger partial charge < -0.3 is 16.2 Å². The van der Waals surface area contributed by atoms with Crippen molar-refractivity contribution in [3.63, 3.8) is 0 Å².